The summed E-state index contributed by atoms with van der Waals surface area (Å²) in [6.07, 6.45) is 9.85. The molecule has 2 fully saturated rings. The molecule has 0 aromatic carbocycles. The van der Waals surface area contributed by atoms with Gasteiger partial charge in [0.25, 0.3) is 0 Å². The van der Waals surface area contributed by atoms with Gasteiger partial charge in [0.05, 0.1) is 6.61 Å². The molecule has 1 N–H and O–H groups in total. The van der Waals surface area contributed by atoms with Crippen LogP contribution in [0, 0.1) is 5.92 Å². The molecule has 2 rings (SSSR count). The molecule has 0 aliphatic heterocycles. The quantitative estimate of drug-likeness (QED) is 0.739. The average molecular weight is 253 g/mol. The minimum absolute atomic E-state index is 0.0533. The highest BCUT2D eigenvalue weighted by atomic mass is 16.5. The van der Waals surface area contributed by atoms with E-state index in [1.165, 1.54) is 44.9 Å². The van der Waals surface area contributed by atoms with Gasteiger partial charge in [0.15, 0.2) is 0 Å². The maximum Gasteiger partial charge on any atom is 0.326 e. The number of hydrogen-bond donors (Lipinski definition) is 1. The van der Waals surface area contributed by atoms with Gasteiger partial charge in [-0.1, -0.05) is 32.1 Å². The molecule has 1 atom stereocenters. The summed E-state index contributed by atoms with van der Waals surface area (Å²) in [6, 6.07) is 0.506. The van der Waals surface area contributed by atoms with Gasteiger partial charge in [-0.15, -0.1) is 0 Å². The Bertz CT molecular complexity index is 282. The van der Waals surface area contributed by atoms with Crippen molar-refractivity contribution in [3.05, 3.63) is 0 Å². The van der Waals surface area contributed by atoms with Crippen molar-refractivity contribution < 1.29 is 9.53 Å². The van der Waals surface area contributed by atoms with Crippen molar-refractivity contribution in [2.75, 3.05) is 6.61 Å². The number of ether oxygens (including phenoxy) is 1. The summed E-state index contributed by atoms with van der Waals surface area (Å²) in [5.74, 6) is 0.679. The van der Waals surface area contributed by atoms with Crippen molar-refractivity contribution in [2.24, 2.45) is 5.92 Å². The lowest BCUT2D eigenvalue weighted by atomic mass is 9.89. The Hall–Kier alpha value is -0.570. The number of rotatable bonds is 6. The van der Waals surface area contributed by atoms with Crippen molar-refractivity contribution in [3.63, 3.8) is 0 Å². The van der Waals surface area contributed by atoms with Gasteiger partial charge in [0.1, 0.15) is 5.54 Å². The normalized spacial score (nSPS) is 24.6. The maximum absolute atomic E-state index is 12.2. The monoisotopic (exact) mass is 253 g/mol. The van der Waals surface area contributed by atoms with Crippen LogP contribution in [0.25, 0.3) is 0 Å². The van der Waals surface area contributed by atoms with E-state index in [-0.39, 0.29) is 5.97 Å². The molecule has 2 aliphatic rings. The lowest BCUT2D eigenvalue weighted by molar-refractivity contribution is -0.151. The summed E-state index contributed by atoms with van der Waals surface area (Å²) in [5.41, 5.74) is -0.459. The summed E-state index contributed by atoms with van der Waals surface area (Å²) in [4.78, 5) is 12.2. The highest BCUT2D eigenvalue weighted by Gasteiger charge is 2.41. The van der Waals surface area contributed by atoms with Crippen LogP contribution in [0.5, 0.6) is 0 Å². The van der Waals surface area contributed by atoms with Crippen LogP contribution in [0.3, 0.4) is 0 Å². The molecule has 0 aromatic rings. The minimum Gasteiger partial charge on any atom is -0.465 e. The van der Waals surface area contributed by atoms with Crippen LogP contribution >= 0.6 is 0 Å². The van der Waals surface area contributed by atoms with Crippen LogP contribution in [0.2, 0.25) is 0 Å². The van der Waals surface area contributed by atoms with E-state index in [0.717, 1.165) is 12.3 Å². The SMILES string of the molecule is CCOC(=O)C(C)(CC1CC1)NC1CCCCC1. The highest BCUT2D eigenvalue weighted by Crippen LogP contribution is 2.37. The third-order valence-corrected chi connectivity index (χ3v) is 4.25. The van der Waals surface area contributed by atoms with Crippen molar-refractivity contribution in [1.82, 2.24) is 5.32 Å². The standard InChI is InChI=1S/C15H27NO2/c1-3-18-14(17)15(2,11-12-9-10-12)16-13-7-5-4-6-8-13/h12-13,16H,3-11H2,1-2H3. The Labute approximate surface area is 111 Å². The molecule has 0 radical (unpaired) electrons. The minimum atomic E-state index is -0.459. The molecule has 0 spiro atoms. The van der Waals surface area contributed by atoms with E-state index in [1.807, 2.05) is 13.8 Å². The number of esters is 1. The molecule has 0 amide bonds. The predicted molar refractivity (Wildman–Crippen MR) is 72.4 cm³/mol. The van der Waals surface area contributed by atoms with Crippen LogP contribution < -0.4 is 5.32 Å². The molecule has 0 heterocycles. The van der Waals surface area contributed by atoms with Crippen LogP contribution in [0.4, 0.5) is 0 Å². The van der Waals surface area contributed by atoms with Gasteiger partial charge in [-0.2, -0.15) is 0 Å². The smallest absolute Gasteiger partial charge is 0.326 e. The first-order chi connectivity index (χ1) is 8.64. The van der Waals surface area contributed by atoms with Gasteiger partial charge in [-0.05, 0) is 39.0 Å². The highest BCUT2D eigenvalue weighted by molar-refractivity contribution is 5.80. The second kappa shape index (κ2) is 6.05. The first kappa shape index (κ1) is 13.9. The van der Waals surface area contributed by atoms with Crippen molar-refractivity contribution >= 4 is 5.97 Å². The van der Waals surface area contributed by atoms with Gasteiger partial charge in [-0.3, -0.25) is 10.1 Å². The third-order valence-electron chi connectivity index (χ3n) is 4.25. The van der Waals surface area contributed by atoms with Crippen LogP contribution in [0.1, 0.15) is 65.2 Å². The van der Waals surface area contributed by atoms with E-state index in [1.54, 1.807) is 0 Å². The number of hydrogen-bond acceptors (Lipinski definition) is 3. The Morgan fingerprint density at radius 1 is 1.22 bits per heavy atom. The molecule has 1 unspecified atom stereocenters. The lowest BCUT2D eigenvalue weighted by Gasteiger charge is -2.35. The van der Waals surface area contributed by atoms with E-state index in [4.69, 9.17) is 4.74 Å². The average Bonchev–Trinajstić information content (AvgIpc) is 3.14. The van der Waals surface area contributed by atoms with Crippen molar-refractivity contribution in [1.29, 1.82) is 0 Å². The molecule has 0 saturated heterocycles. The molecular weight excluding hydrogens is 226 g/mol. The summed E-state index contributed by atoms with van der Waals surface area (Å²) >= 11 is 0. The summed E-state index contributed by atoms with van der Waals surface area (Å²) in [7, 11) is 0. The van der Waals surface area contributed by atoms with Crippen molar-refractivity contribution in [2.45, 2.75) is 76.8 Å². The summed E-state index contributed by atoms with van der Waals surface area (Å²) in [5, 5.41) is 3.61. The topological polar surface area (TPSA) is 38.3 Å². The lowest BCUT2D eigenvalue weighted by Crippen LogP contribution is -2.55. The predicted octanol–water partition coefficient (Wildman–Crippen LogP) is 3.03. The fourth-order valence-corrected chi connectivity index (χ4v) is 3.09. The second-order valence-electron chi connectivity index (χ2n) is 6.18. The Morgan fingerprint density at radius 2 is 1.89 bits per heavy atom. The fourth-order valence-electron chi connectivity index (χ4n) is 3.09. The third kappa shape index (κ3) is 3.71. The zero-order valence-corrected chi connectivity index (χ0v) is 11.8. The number of carbonyl (C=O) groups excluding carboxylic acids is 1. The van der Waals surface area contributed by atoms with Gasteiger partial charge >= 0.3 is 5.97 Å². The van der Waals surface area contributed by atoms with E-state index >= 15 is 0 Å². The molecular formula is C15H27NO2. The first-order valence-corrected chi connectivity index (χ1v) is 7.59. The molecule has 0 aromatic heterocycles. The van der Waals surface area contributed by atoms with Crippen molar-refractivity contribution in [3.8, 4) is 0 Å². The molecule has 3 heteroatoms. The number of carbonyl (C=O) groups is 1. The van der Waals surface area contributed by atoms with E-state index in [2.05, 4.69) is 5.32 Å². The van der Waals surface area contributed by atoms with Gasteiger partial charge < -0.3 is 4.74 Å². The zero-order chi connectivity index (χ0) is 13.0. The van der Waals surface area contributed by atoms with Crippen LogP contribution in [-0.2, 0) is 9.53 Å². The zero-order valence-electron chi connectivity index (χ0n) is 11.8. The van der Waals surface area contributed by atoms with Gasteiger partial charge in [0.2, 0.25) is 0 Å². The molecule has 104 valence electrons. The first-order valence-electron chi connectivity index (χ1n) is 7.59. The van der Waals surface area contributed by atoms with Gasteiger partial charge in [-0.25, -0.2) is 0 Å². The summed E-state index contributed by atoms with van der Waals surface area (Å²) in [6.45, 7) is 4.40. The van der Waals surface area contributed by atoms with E-state index < -0.39 is 5.54 Å². The molecule has 0 bridgehead atoms. The Morgan fingerprint density at radius 3 is 2.44 bits per heavy atom. The largest absolute Gasteiger partial charge is 0.465 e. The van der Waals surface area contributed by atoms with Crippen LogP contribution in [-0.4, -0.2) is 24.2 Å². The van der Waals surface area contributed by atoms with Gasteiger partial charge in [0, 0.05) is 6.04 Å². The summed E-state index contributed by atoms with van der Waals surface area (Å²) < 4.78 is 5.28. The van der Waals surface area contributed by atoms with Crippen LogP contribution in [0.15, 0.2) is 0 Å². The second-order valence-corrected chi connectivity index (χ2v) is 6.18. The molecule has 18 heavy (non-hydrogen) atoms. The Balaban J connectivity index is 1.95. The van der Waals surface area contributed by atoms with E-state index in [9.17, 15) is 4.79 Å². The number of nitrogens with one attached hydrogen (secondary N) is 1. The Kier molecular flexibility index (Phi) is 4.66. The fraction of sp³-hybridized carbons (Fsp3) is 0.933. The maximum atomic E-state index is 12.2. The molecule has 2 saturated carbocycles. The van der Waals surface area contributed by atoms with E-state index in [0.29, 0.717) is 12.6 Å². The molecule has 2 aliphatic carbocycles. The molecule has 3 nitrogen and oxygen atoms in total.